The molecule has 0 fully saturated rings. The third-order valence-electron chi connectivity index (χ3n) is 5.77. The molecule has 2 atom stereocenters. The van der Waals surface area contributed by atoms with E-state index < -0.39 is 30.0 Å². The molecule has 0 amide bonds. The van der Waals surface area contributed by atoms with Crippen LogP contribution < -0.4 is 5.36 Å². The Morgan fingerprint density at radius 1 is 0.973 bits per heavy atom. The van der Waals surface area contributed by atoms with E-state index in [-0.39, 0.29) is 11.6 Å². The quantitative estimate of drug-likeness (QED) is 0.181. The molecule has 1 aliphatic heterocycles. The maximum Gasteiger partial charge on any atom is 0.296 e. The summed E-state index contributed by atoms with van der Waals surface area (Å²) in [4.78, 5) is 19.5. The molecule has 1 heterocycles. The first-order valence-corrected chi connectivity index (χ1v) is 15.0. The van der Waals surface area contributed by atoms with E-state index in [0.29, 0.717) is 17.0 Å². The van der Waals surface area contributed by atoms with Crippen LogP contribution in [0, 0.1) is 11.8 Å². The van der Waals surface area contributed by atoms with Crippen LogP contribution in [0.2, 0.25) is 0 Å². The van der Waals surface area contributed by atoms with Gasteiger partial charge in [0.05, 0.1) is 36.7 Å². The average molecular weight is 561 g/mol. The van der Waals surface area contributed by atoms with Crippen molar-refractivity contribution in [3.05, 3.63) is 65.5 Å². The minimum Gasteiger partial charge on any atom is -0.303 e. The van der Waals surface area contributed by atoms with E-state index in [2.05, 4.69) is 11.9 Å². The number of carbonyl (C=O) groups is 1. The number of aldehydes is 1. The molecule has 37 heavy (non-hydrogen) atoms. The number of fused-ring (bicyclic) bond motifs is 2. The van der Waals surface area contributed by atoms with Crippen molar-refractivity contribution in [2.45, 2.75) is 36.5 Å². The van der Waals surface area contributed by atoms with Gasteiger partial charge >= 0.3 is 0 Å². The largest absolute Gasteiger partial charge is 0.303 e. The summed E-state index contributed by atoms with van der Waals surface area (Å²) in [5, 5.41) is 0.303. The zero-order valence-electron chi connectivity index (χ0n) is 19.9. The van der Waals surface area contributed by atoms with Gasteiger partial charge in [-0.05, 0) is 72.9 Å². The molecule has 0 spiro atoms. The zero-order chi connectivity index (χ0) is 27.0. The molecule has 2 N–H and O–H groups in total. The van der Waals surface area contributed by atoms with Gasteiger partial charge in [0, 0.05) is 5.92 Å². The number of hydrogen-bond acceptors (Lipinski definition) is 8. The smallest absolute Gasteiger partial charge is 0.296 e. The van der Waals surface area contributed by atoms with Crippen molar-refractivity contribution in [3.63, 3.8) is 0 Å². The molecule has 0 aromatic heterocycles. The van der Waals surface area contributed by atoms with Crippen LogP contribution in [0.5, 0.6) is 0 Å². The highest BCUT2D eigenvalue weighted by molar-refractivity contribution is 7.86. The molecule has 2 aromatic carbocycles. The topological polar surface area (TPSA) is 151 Å². The summed E-state index contributed by atoms with van der Waals surface area (Å²) in [5.74, 6) is 0.362. The summed E-state index contributed by atoms with van der Waals surface area (Å²) in [7, 11) is -9.32. The predicted molar refractivity (Wildman–Crippen MR) is 140 cm³/mol. The van der Waals surface area contributed by atoms with Crippen molar-refractivity contribution < 1.29 is 30.7 Å². The molecule has 0 saturated heterocycles. The van der Waals surface area contributed by atoms with E-state index in [9.17, 15) is 30.7 Å². The monoisotopic (exact) mass is 560 g/mol. The average Bonchev–Trinajstić information content (AvgIpc) is 2.81. The Balaban J connectivity index is 1.75. The van der Waals surface area contributed by atoms with Crippen LogP contribution >= 0.6 is 11.3 Å². The summed E-state index contributed by atoms with van der Waals surface area (Å²) >= 11 is 1.46. The van der Waals surface area contributed by atoms with Crippen LogP contribution in [0.3, 0.4) is 0 Å². The Labute approximate surface area is 218 Å². The van der Waals surface area contributed by atoms with Gasteiger partial charge in [-0.25, -0.2) is 9.98 Å². The molecule has 2 aromatic rings. The third-order valence-corrected chi connectivity index (χ3v) is 8.64. The predicted octanol–water partition coefficient (Wildman–Crippen LogP) is 4.53. The van der Waals surface area contributed by atoms with Crippen molar-refractivity contribution in [1.82, 2.24) is 4.98 Å². The van der Waals surface area contributed by atoms with Gasteiger partial charge in [0.25, 0.3) is 20.2 Å². The Morgan fingerprint density at radius 3 is 2.41 bits per heavy atom. The van der Waals surface area contributed by atoms with Gasteiger partial charge in [0.15, 0.2) is 0 Å². The summed E-state index contributed by atoms with van der Waals surface area (Å²) < 4.78 is 66.4. The van der Waals surface area contributed by atoms with E-state index in [4.69, 9.17) is 4.98 Å². The number of carbonyl (C=O) groups excluding carboxylic acids is 1. The molecule has 2 unspecified atom stereocenters. The van der Waals surface area contributed by atoms with Gasteiger partial charge in [-0.1, -0.05) is 19.9 Å². The zero-order valence-corrected chi connectivity index (χ0v) is 22.3. The van der Waals surface area contributed by atoms with E-state index in [1.165, 1.54) is 11.3 Å². The van der Waals surface area contributed by atoms with Crippen LogP contribution in [-0.2, 0) is 31.5 Å². The minimum absolute atomic E-state index is 0.0171. The summed E-state index contributed by atoms with van der Waals surface area (Å²) in [6.07, 6.45) is 2.62. The lowest BCUT2D eigenvalue weighted by atomic mass is 9.92. The lowest BCUT2D eigenvalue weighted by Gasteiger charge is -2.14. The molecule has 4 rings (SSSR count). The van der Waals surface area contributed by atoms with Crippen LogP contribution in [0.25, 0.3) is 20.8 Å². The van der Waals surface area contributed by atoms with Crippen molar-refractivity contribution in [2.24, 2.45) is 16.8 Å². The first-order valence-electron chi connectivity index (χ1n) is 11.3. The number of aromatic nitrogens is 1. The molecule has 1 aliphatic carbocycles. The minimum atomic E-state index is -4.71. The molecule has 0 radical (unpaired) electrons. The van der Waals surface area contributed by atoms with Crippen molar-refractivity contribution >= 4 is 53.8 Å². The first kappa shape index (κ1) is 27.0. The van der Waals surface area contributed by atoms with Crippen LogP contribution in [-0.4, -0.2) is 37.2 Å². The number of nitrogens with zero attached hydrogens (tertiary/aromatic N) is 2. The SMILES string of the molecule is CC(C=O)CC(C)Cc1ccc2sc3cc(=Nc4cc(S(=O)(=O)O)ccc4S(=O)(=O)O)ccc-3nc2c1. The second-order valence-corrected chi connectivity index (χ2v) is 12.9. The maximum absolute atomic E-state index is 11.8. The lowest BCUT2D eigenvalue weighted by molar-refractivity contribution is -0.111. The second kappa shape index (κ2) is 10.4. The fourth-order valence-electron chi connectivity index (χ4n) is 4.14. The Morgan fingerprint density at radius 2 is 1.73 bits per heavy atom. The van der Waals surface area contributed by atoms with E-state index in [0.717, 1.165) is 58.0 Å². The molecule has 12 heteroatoms. The van der Waals surface area contributed by atoms with Gasteiger partial charge in [-0.3, -0.25) is 9.11 Å². The van der Waals surface area contributed by atoms with Crippen molar-refractivity contribution in [1.29, 1.82) is 0 Å². The van der Waals surface area contributed by atoms with Gasteiger partial charge in [0.2, 0.25) is 0 Å². The van der Waals surface area contributed by atoms with E-state index in [1.807, 2.05) is 25.1 Å². The summed E-state index contributed by atoms with van der Waals surface area (Å²) in [6, 6.07) is 13.6. The van der Waals surface area contributed by atoms with Gasteiger partial charge in [-0.2, -0.15) is 16.8 Å². The van der Waals surface area contributed by atoms with Crippen molar-refractivity contribution in [3.8, 4) is 10.6 Å². The Bertz CT molecular complexity index is 1750. The highest BCUT2D eigenvalue weighted by Gasteiger charge is 2.19. The highest BCUT2D eigenvalue weighted by Crippen LogP contribution is 2.31. The summed E-state index contributed by atoms with van der Waals surface area (Å²) in [5.41, 5.74) is 2.31. The van der Waals surface area contributed by atoms with Gasteiger partial charge in [0.1, 0.15) is 11.2 Å². The number of rotatable bonds is 8. The van der Waals surface area contributed by atoms with E-state index >= 15 is 0 Å². The molecular formula is C25H24N2O7S3. The molecule has 194 valence electrons. The molecule has 9 nitrogen and oxygen atoms in total. The molecular weight excluding hydrogens is 536 g/mol. The standard InChI is InChI=1S/C25H24N2O7S3/c1-15(9-16(2)14-28)10-17-3-7-23-21(11-17)27-20-6-4-18(12-24(20)35-23)26-22-13-19(36(29,30)31)5-8-25(22)37(32,33)34/h3-8,11-16H,9-10H2,1-2H3,(H,29,30,31)(H,32,33,34). The normalized spacial score (nSPS) is 14.6. The first-order chi connectivity index (χ1) is 17.3. The molecule has 0 saturated carbocycles. The van der Waals surface area contributed by atoms with Crippen LogP contribution in [0.4, 0.5) is 5.69 Å². The number of benzene rings is 3. The second-order valence-electron chi connectivity index (χ2n) is 9.02. The third kappa shape index (κ3) is 6.46. The fraction of sp³-hybridized carbons (Fsp3) is 0.240. The van der Waals surface area contributed by atoms with Gasteiger partial charge < -0.3 is 4.79 Å². The van der Waals surface area contributed by atoms with E-state index in [1.54, 1.807) is 18.2 Å². The highest BCUT2D eigenvalue weighted by atomic mass is 32.2. The van der Waals surface area contributed by atoms with Crippen molar-refractivity contribution in [2.75, 3.05) is 0 Å². The molecule has 2 aliphatic rings. The van der Waals surface area contributed by atoms with Crippen LogP contribution in [0.1, 0.15) is 25.8 Å². The van der Waals surface area contributed by atoms with Gasteiger partial charge in [-0.15, -0.1) is 11.3 Å². The lowest BCUT2D eigenvalue weighted by Crippen LogP contribution is -2.07. The Kier molecular flexibility index (Phi) is 7.58. The summed E-state index contributed by atoms with van der Waals surface area (Å²) in [6.45, 7) is 4.03. The fourth-order valence-corrected chi connectivity index (χ4v) is 6.23. The maximum atomic E-state index is 11.8. The molecule has 0 bridgehead atoms. The van der Waals surface area contributed by atoms with Crippen LogP contribution in [0.15, 0.2) is 69.4 Å². The Hall–Kier alpha value is -3.03. The number of hydrogen-bond donors (Lipinski definition) is 2.